The van der Waals surface area contributed by atoms with Gasteiger partial charge in [-0.3, -0.25) is 24.1 Å². The lowest BCUT2D eigenvalue weighted by Crippen LogP contribution is -2.33. The Hall–Kier alpha value is -4.64. The van der Waals surface area contributed by atoms with Gasteiger partial charge in [0.1, 0.15) is 18.1 Å². The predicted octanol–water partition coefficient (Wildman–Crippen LogP) is 4.08. The monoisotopic (exact) mass is 530 g/mol. The molecule has 1 unspecified atom stereocenters. The van der Waals surface area contributed by atoms with Crippen molar-refractivity contribution in [3.8, 4) is 22.6 Å². The van der Waals surface area contributed by atoms with Crippen molar-refractivity contribution in [2.24, 2.45) is 0 Å². The summed E-state index contributed by atoms with van der Waals surface area (Å²) in [5, 5.41) is 14.7. The third-order valence-electron chi connectivity index (χ3n) is 6.05. The summed E-state index contributed by atoms with van der Waals surface area (Å²) >= 11 is 6.30. The van der Waals surface area contributed by atoms with Gasteiger partial charge in [0.2, 0.25) is 5.91 Å². The van der Waals surface area contributed by atoms with Gasteiger partial charge in [0.15, 0.2) is 0 Å². The Morgan fingerprint density at radius 3 is 2.63 bits per heavy atom. The van der Waals surface area contributed by atoms with E-state index < -0.39 is 6.04 Å². The Bertz CT molecular complexity index is 1670. The molecule has 11 nitrogen and oxygen atoms in total. The van der Waals surface area contributed by atoms with Gasteiger partial charge in [0, 0.05) is 40.3 Å². The highest BCUT2D eigenvalue weighted by Crippen LogP contribution is 2.35. The highest BCUT2D eigenvalue weighted by molar-refractivity contribution is 6.31. The molecule has 1 atom stereocenters. The normalized spacial score (nSPS) is 11.9. The number of hydrogen-bond donors (Lipinski definition) is 1. The number of hydrogen-bond acceptors (Lipinski definition) is 8. The number of rotatable bonds is 8. The van der Waals surface area contributed by atoms with Crippen LogP contribution in [0.3, 0.4) is 0 Å². The number of nitrogens with zero attached hydrogens (tertiary/aromatic N) is 7. The van der Waals surface area contributed by atoms with Crippen molar-refractivity contribution in [1.29, 1.82) is 0 Å². The molecule has 0 aliphatic heterocycles. The number of fused-ring (bicyclic) bond motifs is 1. The van der Waals surface area contributed by atoms with E-state index in [2.05, 4.69) is 30.8 Å². The molecule has 5 rings (SSSR count). The van der Waals surface area contributed by atoms with Crippen LogP contribution in [-0.2, 0) is 4.79 Å². The minimum Gasteiger partial charge on any atom is -0.495 e. The minimum absolute atomic E-state index is 0.330. The number of methoxy groups -OCH3 is 1. The number of nitrogens with one attached hydrogen (secondary N) is 1. The summed E-state index contributed by atoms with van der Waals surface area (Å²) in [6.07, 6.45) is 7.31. The number of carbonyl (C=O) groups excluding carboxylic acids is 1. The van der Waals surface area contributed by atoms with Crippen LogP contribution in [0.25, 0.3) is 27.8 Å². The van der Waals surface area contributed by atoms with Gasteiger partial charge in [-0.25, -0.2) is 0 Å². The SMILES string of the molecule is CCCC(C(=O)Nc1ccc2nccnc2c1)n1cc(OC)c(-c2cc(Cl)ccc2-n2cnnn2)cc1=O. The second-order valence-corrected chi connectivity index (χ2v) is 8.91. The van der Waals surface area contributed by atoms with E-state index in [1.807, 2.05) is 6.92 Å². The zero-order valence-electron chi connectivity index (χ0n) is 20.6. The molecule has 2 aromatic carbocycles. The molecular weight excluding hydrogens is 508 g/mol. The zero-order valence-corrected chi connectivity index (χ0v) is 21.3. The van der Waals surface area contributed by atoms with Gasteiger partial charge in [-0.1, -0.05) is 24.9 Å². The molecule has 0 bridgehead atoms. The molecule has 0 saturated heterocycles. The lowest BCUT2D eigenvalue weighted by molar-refractivity contribution is -0.119. The van der Waals surface area contributed by atoms with Crippen LogP contribution in [0.1, 0.15) is 25.8 Å². The number of aromatic nitrogens is 7. The van der Waals surface area contributed by atoms with Crippen molar-refractivity contribution in [2.75, 3.05) is 12.4 Å². The number of halogens is 1. The molecule has 38 heavy (non-hydrogen) atoms. The van der Waals surface area contributed by atoms with Gasteiger partial charge in [0.25, 0.3) is 5.56 Å². The van der Waals surface area contributed by atoms with E-state index in [0.29, 0.717) is 57.1 Å². The lowest BCUT2D eigenvalue weighted by Gasteiger charge is -2.21. The van der Waals surface area contributed by atoms with Crippen LogP contribution in [0.4, 0.5) is 5.69 Å². The molecular formula is C26H23ClN8O3. The zero-order chi connectivity index (χ0) is 26.6. The molecule has 0 saturated carbocycles. The van der Waals surface area contributed by atoms with Crippen molar-refractivity contribution >= 4 is 34.2 Å². The molecule has 0 radical (unpaired) electrons. The quantitative estimate of drug-likeness (QED) is 0.317. The third-order valence-corrected chi connectivity index (χ3v) is 6.28. The second-order valence-electron chi connectivity index (χ2n) is 8.47. The topological polar surface area (TPSA) is 130 Å². The average molecular weight is 531 g/mol. The van der Waals surface area contributed by atoms with Crippen LogP contribution in [0.15, 0.2) is 72.2 Å². The van der Waals surface area contributed by atoms with Crippen LogP contribution < -0.4 is 15.6 Å². The summed E-state index contributed by atoms with van der Waals surface area (Å²) in [7, 11) is 1.50. The molecule has 0 aliphatic rings. The van der Waals surface area contributed by atoms with E-state index in [4.69, 9.17) is 16.3 Å². The highest BCUT2D eigenvalue weighted by atomic mass is 35.5. The fourth-order valence-corrected chi connectivity index (χ4v) is 4.45. The third kappa shape index (κ3) is 4.96. The standard InChI is InChI=1S/C26H23ClN8O3/c1-3-4-23(26(37)31-17-6-7-20-21(12-17)29-10-9-28-20)34-14-24(38-2)19(13-25(34)36)18-11-16(27)5-8-22(18)35-15-30-32-33-35/h5-15,23H,3-4H2,1-2H3,(H,31,37). The smallest absolute Gasteiger partial charge is 0.252 e. The van der Waals surface area contributed by atoms with Crippen molar-refractivity contribution in [1.82, 2.24) is 34.7 Å². The van der Waals surface area contributed by atoms with Gasteiger partial charge < -0.3 is 10.1 Å². The molecule has 0 aliphatic carbocycles. The molecule has 3 aromatic heterocycles. The van der Waals surface area contributed by atoms with Gasteiger partial charge in [0.05, 0.1) is 30.0 Å². The number of pyridine rings is 1. The minimum atomic E-state index is -0.772. The molecule has 1 N–H and O–H groups in total. The molecule has 12 heteroatoms. The first-order chi connectivity index (χ1) is 18.5. The first-order valence-corrected chi connectivity index (χ1v) is 12.2. The van der Waals surface area contributed by atoms with E-state index in [0.717, 1.165) is 0 Å². The molecule has 3 heterocycles. The Labute approximate surface area is 222 Å². The molecule has 192 valence electrons. The summed E-state index contributed by atoms with van der Waals surface area (Å²) in [4.78, 5) is 35.4. The van der Waals surface area contributed by atoms with Crippen LogP contribution in [0.2, 0.25) is 5.02 Å². The summed E-state index contributed by atoms with van der Waals surface area (Å²) in [5.41, 5.74) is 3.25. The molecule has 5 aromatic rings. The number of amides is 1. The van der Waals surface area contributed by atoms with Crippen LogP contribution >= 0.6 is 11.6 Å². The molecule has 0 fully saturated rings. The maximum atomic E-state index is 13.4. The Kier molecular flexibility index (Phi) is 7.09. The first-order valence-electron chi connectivity index (χ1n) is 11.8. The first kappa shape index (κ1) is 25.0. The molecule has 0 spiro atoms. The maximum absolute atomic E-state index is 13.4. The summed E-state index contributed by atoms with van der Waals surface area (Å²) in [6, 6.07) is 11.1. The van der Waals surface area contributed by atoms with Crippen LogP contribution in [-0.4, -0.2) is 47.8 Å². The largest absolute Gasteiger partial charge is 0.495 e. The lowest BCUT2D eigenvalue weighted by atomic mass is 10.0. The van der Waals surface area contributed by atoms with Gasteiger partial charge >= 0.3 is 0 Å². The summed E-state index contributed by atoms with van der Waals surface area (Å²) in [5.74, 6) is 0.0557. The van der Waals surface area contributed by atoms with Crippen LogP contribution in [0.5, 0.6) is 5.75 Å². The number of ether oxygens (including phenoxy) is 1. The average Bonchev–Trinajstić information content (AvgIpc) is 3.46. The van der Waals surface area contributed by atoms with E-state index in [1.165, 1.54) is 28.8 Å². The van der Waals surface area contributed by atoms with Gasteiger partial charge in [-0.2, -0.15) is 4.68 Å². The van der Waals surface area contributed by atoms with E-state index in [-0.39, 0.29) is 11.5 Å². The number of tetrazole rings is 1. The number of carbonyl (C=O) groups is 1. The predicted molar refractivity (Wildman–Crippen MR) is 143 cm³/mol. The Morgan fingerprint density at radius 1 is 1.08 bits per heavy atom. The van der Waals surface area contributed by atoms with Crippen molar-refractivity contribution in [3.05, 3.63) is 82.8 Å². The summed E-state index contributed by atoms with van der Waals surface area (Å²) < 4.78 is 8.53. The fraction of sp³-hybridized carbons (Fsp3) is 0.192. The van der Waals surface area contributed by atoms with E-state index in [9.17, 15) is 9.59 Å². The van der Waals surface area contributed by atoms with Gasteiger partial charge in [-0.05, 0) is 53.2 Å². The van der Waals surface area contributed by atoms with Crippen molar-refractivity contribution in [2.45, 2.75) is 25.8 Å². The van der Waals surface area contributed by atoms with Crippen molar-refractivity contribution in [3.63, 3.8) is 0 Å². The van der Waals surface area contributed by atoms with E-state index >= 15 is 0 Å². The van der Waals surface area contributed by atoms with E-state index in [1.54, 1.807) is 55.0 Å². The summed E-state index contributed by atoms with van der Waals surface area (Å²) in [6.45, 7) is 1.95. The number of anilines is 1. The fourth-order valence-electron chi connectivity index (χ4n) is 4.28. The maximum Gasteiger partial charge on any atom is 0.252 e. The number of benzene rings is 2. The van der Waals surface area contributed by atoms with Gasteiger partial charge in [-0.15, -0.1) is 5.10 Å². The van der Waals surface area contributed by atoms with Crippen molar-refractivity contribution < 1.29 is 9.53 Å². The Balaban J connectivity index is 1.53. The second kappa shape index (κ2) is 10.8. The highest BCUT2D eigenvalue weighted by Gasteiger charge is 2.24. The van der Waals surface area contributed by atoms with Crippen LogP contribution in [0, 0.1) is 0 Å². The molecule has 1 amide bonds. The Morgan fingerprint density at radius 2 is 1.89 bits per heavy atom.